The molecule has 0 aliphatic rings. The lowest BCUT2D eigenvalue weighted by Crippen LogP contribution is -1.96. The van der Waals surface area contributed by atoms with Crippen molar-refractivity contribution in [3.63, 3.8) is 0 Å². The molecule has 0 radical (unpaired) electrons. The largest absolute Gasteiger partial charge is 0.497 e. The molecule has 0 saturated carbocycles. The number of benzene rings is 3. The summed E-state index contributed by atoms with van der Waals surface area (Å²) < 4.78 is 12.9. The van der Waals surface area contributed by atoms with Crippen LogP contribution in [0.15, 0.2) is 78.9 Å². The highest BCUT2D eigenvalue weighted by Gasteiger charge is 2.17. The molecule has 0 aliphatic carbocycles. The third-order valence-electron chi connectivity index (χ3n) is 5.14. The SMILES string of the molecule is COc1ccc(-c2cc(-c3ccc(Cl)cc3)c(-c3ccc(OC)cc3)n2C)cc1. The second kappa shape index (κ2) is 8.06. The number of aromatic nitrogens is 1. The van der Waals surface area contributed by atoms with Crippen molar-refractivity contribution < 1.29 is 9.47 Å². The predicted octanol–water partition coefficient (Wildman–Crippen LogP) is 6.70. The summed E-state index contributed by atoms with van der Waals surface area (Å²) in [5, 5.41) is 0.728. The van der Waals surface area contributed by atoms with Crippen LogP contribution in [0.3, 0.4) is 0 Å². The monoisotopic (exact) mass is 403 g/mol. The normalized spacial score (nSPS) is 10.8. The molecule has 0 unspecified atom stereocenters. The first-order valence-corrected chi connectivity index (χ1v) is 9.73. The Bertz CT molecular complexity index is 1110. The maximum atomic E-state index is 6.12. The van der Waals surface area contributed by atoms with Crippen molar-refractivity contribution in [2.24, 2.45) is 7.05 Å². The van der Waals surface area contributed by atoms with Gasteiger partial charge in [0.25, 0.3) is 0 Å². The molecular formula is C25H22ClNO2. The molecule has 3 aromatic carbocycles. The third-order valence-corrected chi connectivity index (χ3v) is 5.39. The molecule has 0 N–H and O–H groups in total. The van der Waals surface area contributed by atoms with Crippen LogP contribution in [0.5, 0.6) is 11.5 Å². The number of hydrogen-bond donors (Lipinski definition) is 0. The van der Waals surface area contributed by atoms with E-state index in [0.29, 0.717) is 0 Å². The fourth-order valence-electron chi connectivity index (χ4n) is 3.59. The molecule has 0 bridgehead atoms. The number of rotatable bonds is 5. The number of halogens is 1. The molecular weight excluding hydrogens is 382 g/mol. The minimum Gasteiger partial charge on any atom is -0.497 e. The van der Waals surface area contributed by atoms with Gasteiger partial charge in [-0.15, -0.1) is 0 Å². The zero-order valence-electron chi connectivity index (χ0n) is 16.6. The van der Waals surface area contributed by atoms with Gasteiger partial charge in [-0.1, -0.05) is 23.7 Å². The Morgan fingerprint density at radius 2 is 1.14 bits per heavy atom. The summed E-state index contributed by atoms with van der Waals surface area (Å²) in [5.74, 6) is 1.68. The standard InChI is InChI=1S/C25H22ClNO2/c1-27-24(18-6-12-21(28-2)13-7-18)16-23(17-4-10-20(26)11-5-17)25(27)19-8-14-22(29-3)15-9-19/h4-16H,1-3H3. The van der Waals surface area contributed by atoms with Crippen LogP contribution in [-0.4, -0.2) is 18.8 Å². The molecule has 4 rings (SSSR count). The zero-order chi connectivity index (χ0) is 20.4. The Balaban J connectivity index is 1.90. The van der Waals surface area contributed by atoms with Crippen LogP contribution >= 0.6 is 11.6 Å². The van der Waals surface area contributed by atoms with Crippen molar-refractivity contribution in [1.82, 2.24) is 4.57 Å². The molecule has 4 aromatic rings. The first kappa shape index (κ1) is 19.2. The topological polar surface area (TPSA) is 23.4 Å². The molecule has 1 heterocycles. The third kappa shape index (κ3) is 3.74. The van der Waals surface area contributed by atoms with Crippen LogP contribution in [0.4, 0.5) is 0 Å². The van der Waals surface area contributed by atoms with E-state index in [1.165, 1.54) is 0 Å². The van der Waals surface area contributed by atoms with Crippen molar-refractivity contribution in [1.29, 1.82) is 0 Å². The van der Waals surface area contributed by atoms with Gasteiger partial charge in [0.05, 0.1) is 19.9 Å². The summed E-state index contributed by atoms with van der Waals surface area (Å²) in [4.78, 5) is 0. The summed E-state index contributed by atoms with van der Waals surface area (Å²) in [6.45, 7) is 0. The summed E-state index contributed by atoms with van der Waals surface area (Å²) in [6.07, 6.45) is 0. The molecule has 1 aromatic heterocycles. The second-order valence-corrected chi connectivity index (χ2v) is 7.25. The quantitative estimate of drug-likeness (QED) is 0.370. The van der Waals surface area contributed by atoms with Gasteiger partial charge in [-0.3, -0.25) is 0 Å². The van der Waals surface area contributed by atoms with E-state index >= 15 is 0 Å². The Kier molecular flexibility index (Phi) is 5.32. The van der Waals surface area contributed by atoms with E-state index in [1.807, 2.05) is 36.4 Å². The highest BCUT2D eigenvalue weighted by Crippen LogP contribution is 2.39. The van der Waals surface area contributed by atoms with Gasteiger partial charge >= 0.3 is 0 Å². The lowest BCUT2D eigenvalue weighted by molar-refractivity contribution is 0.415. The van der Waals surface area contributed by atoms with E-state index in [1.54, 1.807) is 14.2 Å². The number of methoxy groups -OCH3 is 2. The van der Waals surface area contributed by atoms with Crippen LogP contribution in [-0.2, 0) is 7.05 Å². The van der Waals surface area contributed by atoms with Crippen molar-refractivity contribution in [3.05, 3.63) is 83.9 Å². The minimum atomic E-state index is 0.728. The Labute approximate surface area is 176 Å². The molecule has 0 amide bonds. The summed E-state index contributed by atoms with van der Waals surface area (Å²) in [7, 11) is 5.45. The van der Waals surface area contributed by atoms with Crippen molar-refractivity contribution in [2.75, 3.05) is 14.2 Å². The highest BCUT2D eigenvalue weighted by molar-refractivity contribution is 6.30. The summed E-state index contributed by atoms with van der Waals surface area (Å²) >= 11 is 6.12. The first-order valence-electron chi connectivity index (χ1n) is 9.35. The van der Waals surface area contributed by atoms with Gasteiger partial charge in [0.1, 0.15) is 11.5 Å². The fourth-order valence-corrected chi connectivity index (χ4v) is 3.72. The molecule has 29 heavy (non-hydrogen) atoms. The molecule has 3 nitrogen and oxygen atoms in total. The van der Waals surface area contributed by atoms with E-state index in [2.05, 4.69) is 54.1 Å². The molecule has 0 saturated heterocycles. The maximum Gasteiger partial charge on any atom is 0.118 e. The first-order chi connectivity index (χ1) is 14.1. The van der Waals surface area contributed by atoms with Gasteiger partial charge in [-0.25, -0.2) is 0 Å². The van der Waals surface area contributed by atoms with Gasteiger partial charge in [0.2, 0.25) is 0 Å². The summed E-state index contributed by atoms with van der Waals surface area (Å²) in [5.41, 5.74) is 6.79. The molecule has 0 spiro atoms. The van der Waals surface area contributed by atoms with Gasteiger partial charge in [-0.2, -0.15) is 0 Å². The molecule has 4 heteroatoms. The van der Waals surface area contributed by atoms with E-state index < -0.39 is 0 Å². The fraction of sp³-hybridized carbons (Fsp3) is 0.120. The van der Waals surface area contributed by atoms with E-state index in [-0.39, 0.29) is 0 Å². The molecule has 146 valence electrons. The second-order valence-electron chi connectivity index (χ2n) is 6.81. The molecule has 0 aliphatic heterocycles. The number of nitrogens with zero attached hydrogens (tertiary/aromatic N) is 1. The predicted molar refractivity (Wildman–Crippen MR) is 120 cm³/mol. The van der Waals surface area contributed by atoms with Gasteiger partial charge in [0.15, 0.2) is 0 Å². The van der Waals surface area contributed by atoms with Gasteiger partial charge < -0.3 is 14.0 Å². The van der Waals surface area contributed by atoms with Crippen LogP contribution in [0, 0.1) is 0 Å². The van der Waals surface area contributed by atoms with Gasteiger partial charge in [-0.05, 0) is 83.4 Å². The molecule has 0 fully saturated rings. The van der Waals surface area contributed by atoms with Crippen LogP contribution < -0.4 is 9.47 Å². The van der Waals surface area contributed by atoms with Crippen LogP contribution in [0.1, 0.15) is 0 Å². The van der Waals surface area contributed by atoms with Crippen molar-refractivity contribution in [2.45, 2.75) is 0 Å². The smallest absolute Gasteiger partial charge is 0.118 e. The lowest BCUT2D eigenvalue weighted by Gasteiger charge is -2.11. The average Bonchev–Trinajstić information content (AvgIpc) is 3.11. The van der Waals surface area contributed by atoms with Crippen LogP contribution in [0.2, 0.25) is 5.02 Å². The van der Waals surface area contributed by atoms with Crippen LogP contribution in [0.25, 0.3) is 33.6 Å². The Morgan fingerprint density at radius 1 is 0.655 bits per heavy atom. The van der Waals surface area contributed by atoms with E-state index in [4.69, 9.17) is 21.1 Å². The number of ether oxygens (including phenoxy) is 2. The average molecular weight is 404 g/mol. The van der Waals surface area contributed by atoms with Gasteiger partial charge in [0, 0.05) is 23.3 Å². The molecule has 0 atom stereocenters. The van der Waals surface area contributed by atoms with E-state index in [0.717, 1.165) is 50.2 Å². The van der Waals surface area contributed by atoms with Crippen molar-refractivity contribution >= 4 is 11.6 Å². The summed E-state index contributed by atoms with van der Waals surface area (Å²) in [6, 6.07) is 26.5. The zero-order valence-corrected chi connectivity index (χ0v) is 17.4. The Hall–Kier alpha value is -3.17. The highest BCUT2D eigenvalue weighted by atomic mass is 35.5. The Morgan fingerprint density at radius 3 is 1.66 bits per heavy atom. The van der Waals surface area contributed by atoms with Crippen molar-refractivity contribution in [3.8, 4) is 45.1 Å². The van der Waals surface area contributed by atoms with E-state index in [9.17, 15) is 0 Å². The minimum absolute atomic E-state index is 0.728. The number of hydrogen-bond acceptors (Lipinski definition) is 2. The maximum absolute atomic E-state index is 6.12. The lowest BCUT2D eigenvalue weighted by atomic mass is 10.0.